The molecular weight excluding hydrogens is 418 g/mol. The SMILES string of the molecule is CCc1ccc(-n2c(SC(C)C(=O)NCc3ccccc3)nc3ccccc3c2=O)cc1. The van der Waals surface area contributed by atoms with Crippen molar-refractivity contribution in [2.45, 2.75) is 37.2 Å². The van der Waals surface area contributed by atoms with E-state index in [2.05, 4.69) is 12.2 Å². The summed E-state index contributed by atoms with van der Waals surface area (Å²) in [4.78, 5) is 30.9. The van der Waals surface area contributed by atoms with E-state index in [1.54, 1.807) is 10.6 Å². The lowest BCUT2D eigenvalue weighted by molar-refractivity contribution is -0.120. The molecule has 0 saturated carbocycles. The number of rotatable bonds is 7. The number of nitrogens with one attached hydrogen (secondary N) is 1. The van der Waals surface area contributed by atoms with E-state index in [4.69, 9.17) is 4.98 Å². The molecule has 162 valence electrons. The van der Waals surface area contributed by atoms with E-state index >= 15 is 0 Å². The zero-order chi connectivity index (χ0) is 22.5. The summed E-state index contributed by atoms with van der Waals surface area (Å²) in [6, 6.07) is 25.0. The van der Waals surface area contributed by atoms with Crippen molar-refractivity contribution in [2.24, 2.45) is 0 Å². The first-order valence-corrected chi connectivity index (χ1v) is 11.5. The molecule has 3 aromatic carbocycles. The molecule has 1 aromatic heterocycles. The van der Waals surface area contributed by atoms with Crippen LogP contribution in [0.5, 0.6) is 0 Å². The van der Waals surface area contributed by atoms with Crippen LogP contribution in [0.3, 0.4) is 0 Å². The van der Waals surface area contributed by atoms with Crippen molar-refractivity contribution in [1.82, 2.24) is 14.9 Å². The van der Waals surface area contributed by atoms with Crippen LogP contribution in [0.2, 0.25) is 0 Å². The number of nitrogens with zero attached hydrogens (tertiary/aromatic N) is 2. The van der Waals surface area contributed by atoms with Crippen LogP contribution < -0.4 is 10.9 Å². The average molecular weight is 444 g/mol. The maximum atomic E-state index is 13.4. The maximum Gasteiger partial charge on any atom is 0.266 e. The van der Waals surface area contributed by atoms with Gasteiger partial charge in [0, 0.05) is 6.54 Å². The molecule has 0 aliphatic carbocycles. The largest absolute Gasteiger partial charge is 0.351 e. The van der Waals surface area contributed by atoms with Gasteiger partial charge in [0.2, 0.25) is 5.91 Å². The summed E-state index contributed by atoms with van der Waals surface area (Å²) in [5, 5.41) is 3.60. The maximum absolute atomic E-state index is 13.4. The van der Waals surface area contributed by atoms with E-state index in [1.165, 1.54) is 17.3 Å². The highest BCUT2D eigenvalue weighted by atomic mass is 32.2. The van der Waals surface area contributed by atoms with Crippen molar-refractivity contribution in [3.8, 4) is 5.69 Å². The summed E-state index contributed by atoms with van der Waals surface area (Å²) in [6.07, 6.45) is 0.922. The summed E-state index contributed by atoms with van der Waals surface area (Å²) < 4.78 is 1.60. The third-order valence-electron chi connectivity index (χ3n) is 5.31. The van der Waals surface area contributed by atoms with Gasteiger partial charge in [-0.25, -0.2) is 4.98 Å². The lowest BCUT2D eigenvalue weighted by Gasteiger charge is -2.17. The second-order valence-corrected chi connectivity index (χ2v) is 8.84. The molecule has 6 heteroatoms. The molecule has 0 fully saturated rings. The molecule has 5 nitrogen and oxygen atoms in total. The molecule has 1 atom stereocenters. The monoisotopic (exact) mass is 443 g/mol. The van der Waals surface area contributed by atoms with Gasteiger partial charge >= 0.3 is 0 Å². The third-order valence-corrected chi connectivity index (χ3v) is 6.36. The molecule has 1 unspecified atom stereocenters. The van der Waals surface area contributed by atoms with Gasteiger partial charge in [-0.05, 0) is 48.7 Å². The van der Waals surface area contributed by atoms with Gasteiger partial charge in [-0.15, -0.1) is 0 Å². The second kappa shape index (κ2) is 9.83. The van der Waals surface area contributed by atoms with Crippen molar-refractivity contribution in [2.75, 3.05) is 0 Å². The van der Waals surface area contributed by atoms with Crippen molar-refractivity contribution in [3.63, 3.8) is 0 Å². The van der Waals surface area contributed by atoms with Crippen LogP contribution in [0, 0.1) is 0 Å². The number of hydrogen-bond acceptors (Lipinski definition) is 4. The van der Waals surface area contributed by atoms with Gasteiger partial charge in [0.15, 0.2) is 5.16 Å². The van der Waals surface area contributed by atoms with Crippen LogP contribution in [0.4, 0.5) is 0 Å². The van der Waals surface area contributed by atoms with Crippen molar-refractivity contribution in [3.05, 3.63) is 100 Å². The van der Waals surface area contributed by atoms with Crippen LogP contribution in [-0.4, -0.2) is 20.7 Å². The lowest BCUT2D eigenvalue weighted by atomic mass is 10.1. The summed E-state index contributed by atoms with van der Waals surface area (Å²) in [6.45, 7) is 4.38. The molecule has 0 radical (unpaired) electrons. The van der Waals surface area contributed by atoms with Crippen LogP contribution in [-0.2, 0) is 17.8 Å². The first-order valence-electron chi connectivity index (χ1n) is 10.7. The van der Waals surface area contributed by atoms with Crippen molar-refractivity contribution >= 4 is 28.6 Å². The Balaban J connectivity index is 1.65. The Morgan fingerprint density at radius 2 is 1.66 bits per heavy atom. The number of benzene rings is 3. The first-order chi connectivity index (χ1) is 15.6. The standard InChI is InChI=1S/C26H25N3O2S/c1-3-19-13-15-21(16-14-19)29-25(31)22-11-7-8-12-23(22)28-26(29)32-18(2)24(30)27-17-20-9-5-4-6-10-20/h4-16,18H,3,17H2,1-2H3,(H,27,30). The van der Waals surface area contributed by atoms with Crippen LogP contribution in [0.1, 0.15) is 25.0 Å². The number of carbonyl (C=O) groups excluding carboxylic acids is 1. The zero-order valence-electron chi connectivity index (χ0n) is 18.1. The minimum Gasteiger partial charge on any atom is -0.351 e. The Morgan fingerprint density at radius 1 is 0.969 bits per heavy atom. The fourth-order valence-corrected chi connectivity index (χ4v) is 4.39. The molecule has 0 aliphatic rings. The first kappa shape index (κ1) is 21.8. The number of amides is 1. The molecule has 1 amide bonds. The minimum atomic E-state index is -0.423. The Kier molecular flexibility index (Phi) is 6.71. The van der Waals surface area contributed by atoms with E-state index in [-0.39, 0.29) is 11.5 Å². The van der Waals surface area contributed by atoms with Crippen LogP contribution in [0.15, 0.2) is 88.8 Å². The Labute approximate surface area is 191 Å². The number of aryl methyl sites for hydroxylation is 1. The van der Waals surface area contributed by atoms with E-state index in [0.29, 0.717) is 22.6 Å². The van der Waals surface area contributed by atoms with Gasteiger partial charge in [0.1, 0.15) is 0 Å². The van der Waals surface area contributed by atoms with E-state index < -0.39 is 5.25 Å². The zero-order valence-corrected chi connectivity index (χ0v) is 18.9. The van der Waals surface area contributed by atoms with Gasteiger partial charge in [0.25, 0.3) is 5.56 Å². The minimum absolute atomic E-state index is 0.103. The highest BCUT2D eigenvalue weighted by Gasteiger charge is 2.20. The number of carbonyl (C=O) groups is 1. The number of para-hydroxylation sites is 1. The molecule has 0 bridgehead atoms. The topological polar surface area (TPSA) is 64.0 Å². The summed E-state index contributed by atoms with van der Waals surface area (Å²) in [7, 11) is 0. The number of aromatic nitrogens is 2. The number of fused-ring (bicyclic) bond motifs is 1. The van der Waals surface area contributed by atoms with Gasteiger partial charge in [-0.1, -0.05) is 73.3 Å². The quantitative estimate of drug-likeness (QED) is 0.331. The van der Waals surface area contributed by atoms with Gasteiger partial charge in [0.05, 0.1) is 21.8 Å². The highest BCUT2D eigenvalue weighted by molar-refractivity contribution is 8.00. The summed E-state index contributed by atoms with van der Waals surface area (Å²) >= 11 is 1.29. The molecule has 4 rings (SSSR count). The normalized spacial score (nSPS) is 11.9. The molecule has 0 saturated heterocycles. The van der Waals surface area contributed by atoms with E-state index in [9.17, 15) is 9.59 Å². The Bertz CT molecular complexity index is 1280. The fourth-order valence-electron chi connectivity index (χ4n) is 3.44. The summed E-state index contributed by atoms with van der Waals surface area (Å²) in [5.41, 5.74) is 3.45. The van der Waals surface area contributed by atoms with E-state index in [1.807, 2.05) is 79.7 Å². The van der Waals surface area contributed by atoms with Gasteiger partial charge in [-0.3, -0.25) is 14.2 Å². The Hall–Kier alpha value is -3.38. The van der Waals surface area contributed by atoms with Crippen molar-refractivity contribution < 1.29 is 4.79 Å². The molecule has 4 aromatic rings. The summed E-state index contributed by atoms with van der Waals surface area (Å²) in [5.74, 6) is -0.103. The molecule has 1 N–H and O–H groups in total. The predicted molar refractivity (Wildman–Crippen MR) is 130 cm³/mol. The number of hydrogen-bond donors (Lipinski definition) is 1. The van der Waals surface area contributed by atoms with Crippen LogP contribution in [0.25, 0.3) is 16.6 Å². The highest BCUT2D eigenvalue weighted by Crippen LogP contribution is 2.25. The van der Waals surface area contributed by atoms with Gasteiger partial charge in [-0.2, -0.15) is 0 Å². The molecular formula is C26H25N3O2S. The molecule has 0 spiro atoms. The molecule has 0 aliphatic heterocycles. The third kappa shape index (κ3) is 4.75. The molecule has 32 heavy (non-hydrogen) atoms. The second-order valence-electron chi connectivity index (χ2n) is 7.54. The van der Waals surface area contributed by atoms with Gasteiger partial charge < -0.3 is 5.32 Å². The number of thioether (sulfide) groups is 1. The fraction of sp³-hybridized carbons (Fsp3) is 0.192. The lowest BCUT2D eigenvalue weighted by Crippen LogP contribution is -2.31. The van der Waals surface area contributed by atoms with Crippen LogP contribution >= 0.6 is 11.8 Å². The van der Waals surface area contributed by atoms with E-state index in [0.717, 1.165) is 17.7 Å². The smallest absolute Gasteiger partial charge is 0.266 e. The molecule has 1 heterocycles. The predicted octanol–water partition coefficient (Wildman–Crippen LogP) is 4.75. The Morgan fingerprint density at radius 3 is 2.38 bits per heavy atom. The average Bonchev–Trinajstić information content (AvgIpc) is 2.83. The van der Waals surface area contributed by atoms with Crippen molar-refractivity contribution in [1.29, 1.82) is 0 Å².